The minimum atomic E-state index is -1.26. The van der Waals surface area contributed by atoms with Crippen LogP contribution in [0.5, 0.6) is 0 Å². The lowest BCUT2D eigenvalue weighted by Gasteiger charge is -2.45. The van der Waals surface area contributed by atoms with E-state index in [1.54, 1.807) is 0 Å². The molecule has 206 valence electrons. The third-order valence-corrected chi connectivity index (χ3v) is 8.10. The van der Waals surface area contributed by atoms with Crippen molar-refractivity contribution in [3.05, 3.63) is 47.7 Å². The first-order valence-electron chi connectivity index (χ1n) is 13.6. The van der Waals surface area contributed by atoms with Crippen LogP contribution in [0.15, 0.2) is 36.5 Å². The number of aromatic nitrogens is 1. The maximum absolute atomic E-state index is 12.5. The molecule has 2 unspecified atom stereocenters. The van der Waals surface area contributed by atoms with Crippen molar-refractivity contribution in [3.63, 3.8) is 0 Å². The van der Waals surface area contributed by atoms with Gasteiger partial charge in [-0.25, -0.2) is 9.59 Å². The molecule has 0 spiro atoms. The summed E-state index contributed by atoms with van der Waals surface area (Å²) in [6, 6.07) is 7.29. The number of likely N-dealkylation sites (N-methyl/N-ethyl adjacent to an activating group) is 1. The van der Waals surface area contributed by atoms with Gasteiger partial charge in [-0.2, -0.15) is 0 Å². The number of carbonyl (C=O) groups is 3. The first-order chi connectivity index (χ1) is 18.2. The van der Waals surface area contributed by atoms with Crippen LogP contribution in [0.1, 0.15) is 55.6 Å². The van der Waals surface area contributed by atoms with Crippen LogP contribution in [0.25, 0.3) is 10.9 Å². The molecule has 9 nitrogen and oxygen atoms in total. The Morgan fingerprint density at radius 1 is 1.11 bits per heavy atom. The zero-order valence-corrected chi connectivity index (χ0v) is 22.3. The van der Waals surface area contributed by atoms with Crippen molar-refractivity contribution in [1.82, 2.24) is 14.8 Å². The summed E-state index contributed by atoms with van der Waals surface area (Å²) in [7, 11) is 4.44. The van der Waals surface area contributed by atoms with E-state index in [1.807, 2.05) is 0 Å². The molecule has 5 rings (SSSR count). The predicted molar refractivity (Wildman–Crippen MR) is 144 cm³/mol. The number of rotatable bonds is 6. The van der Waals surface area contributed by atoms with E-state index >= 15 is 0 Å². The van der Waals surface area contributed by atoms with Crippen molar-refractivity contribution < 1.29 is 29.3 Å². The second-order valence-corrected chi connectivity index (χ2v) is 10.7. The van der Waals surface area contributed by atoms with Crippen LogP contribution in [-0.2, 0) is 32.6 Å². The van der Waals surface area contributed by atoms with Crippen LogP contribution in [0.2, 0.25) is 0 Å². The molecule has 0 saturated carbocycles. The number of piperidine rings is 1. The predicted octanol–water partition coefficient (Wildman–Crippen LogP) is 3.32. The lowest BCUT2D eigenvalue weighted by molar-refractivity contribution is -0.146. The highest BCUT2D eigenvalue weighted by Crippen LogP contribution is 2.45. The van der Waals surface area contributed by atoms with Gasteiger partial charge in [0.15, 0.2) is 0 Å². The number of fused-ring (bicyclic) bond motifs is 2. The van der Waals surface area contributed by atoms with Gasteiger partial charge in [0.1, 0.15) is 6.04 Å². The number of nitrogens with zero attached hydrogens (tertiary/aromatic N) is 2. The van der Waals surface area contributed by atoms with E-state index in [4.69, 9.17) is 14.9 Å². The summed E-state index contributed by atoms with van der Waals surface area (Å²) in [6.07, 6.45) is 11.2. The topological polar surface area (TPSA) is 121 Å². The van der Waals surface area contributed by atoms with Gasteiger partial charge in [0.25, 0.3) is 0 Å². The Morgan fingerprint density at radius 3 is 2.61 bits per heavy atom. The maximum atomic E-state index is 12.5. The largest absolute Gasteiger partial charge is 0.478 e. The van der Waals surface area contributed by atoms with E-state index < -0.39 is 11.9 Å². The van der Waals surface area contributed by atoms with E-state index in [2.05, 4.69) is 53.3 Å². The first-order valence-corrected chi connectivity index (χ1v) is 13.6. The van der Waals surface area contributed by atoms with Gasteiger partial charge in [0, 0.05) is 54.8 Å². The number of esters is 1. The molecule has 1 aliphatic carbocycles. The lowest BCUT2D eigenvalue weighted by atomic mass is 9.72. The van der Waals surface area contributed by atoms with Gasteiger partial charge >= 0.3 is 17.9 Å². The van der Waals surface area contributed by atoms with Crippen LogP contribution in [0, 0.1) is 5.92 Å². The van der Waals surface area contributed by atoms with Gasteiger partial charge in [-0.05, 0) is 68.8 Å². The Morgan fingerprint density at radius 2 is 1.87 bits per heavy atom. The summed E-state index contributed by atoms with van der Waals surface area (Å²) >= 11 is 0. The Labute approximate surface area is 223 Å². The molecule has 3 aliphatic rings. The average Bonchev–Trinajstić information content (AvgIpc) is 3.05. The SMILES string of the molecule is CN1C[C@H](CCOC(=O)C2CCCCCN2)CC2c3cccc4c3c(cn4C)C[C@H]21.O=C(O)/C=C\C(=O)O. The Hall–Kier alpha value is -3.17. The molecule has 1 aromatic carbocycles. The Balaban J connectivity index is 0.000000368. The molecule has 38 heavy (non-hydrogen) atoms. The molecular weight excluding hydrogens is 486 g/mol. The minimum Gasteiger partial charge on any atom is -0.478 e. The number of carbonyl (C=O) groups excluding carboxylic acids is 1. The fourth-order valence-corrected chi connectivity index (χ4v) is 6.34. The van der Waals surface area contributed by atoms with Crippen molar-refractivity contribution in [2.75, 3.05) is 26.7 Å². The number of aliphatic carboxylic acids is 2. The second-order valence-electron chi connectivity index (χ2n) is 10.7. The number of nitrogens with one attached hydrogen (secondary N) is 1. The van der Waals surface area contributed by atoms with Crippen molar-refractivity contribution in [2.24, 2.45) is 13.0 Å². The Kier molecular flexibility index (Phi) is 9.22. The molecule has 2 aliphatic heterocycles. The molecule has 2 fully saturated rings. The second kappa shape index (κ2) is 12.6. The van der Waals surface area contributed by atoms with E-state index in [1.165, 1.54) is 34.9 Å². The van der Waals surface area contributed by atoms with Gasteiger partial charge in [0.2, 0.25) is 0 Å². The van der Waals surface area contributed by atoms with Crippen LogP contribution in [-0.4, -0.2) is 76.4 Å². The van der Waals surface area contributed by atoms with Gasteiger partial charge in [-0.15, -0.1) is 0 Å². The summed E-state index contributed by atoms with van der Waals surface area (Å²) in [5.74, 6) is -1.41. The number of hydrogen-bond donors (Lipinski definition) is 3. The molecule has 2 saturated heterocycles. The number of aryl methyl sites for hydroxylation is 1. The van der Waals surface area contributed by atoms with Gasteiger partial charge in [-0.3, -0.25) is 4.79 Å². The fraction of sp³-hybridized carbons (Fsp3) is 0.552. The van der Waals surface area contributed by atoms with Crippen molar-refractivity contribution in [2.45, 2.75) is 62.9 Å². The first kappa shape index (κ1) is 27.9. The number of hydrogen-bond acceptors (Lipinski definition) is 6. The zero-order chi connectivity index (χ0) is 27.2. The maximum Gasteiger partial charge on any atom is 0.328 e. The molecule has 1 aromatic heterocycles. The van der Waals surface area contributed by atoms with Gasteiger partial charge in [0.05, 0.1) is 6.61 Å². The van der Waals surface area contributed by atoms with E-state index in [0.717, 1.165) is 45.2 Å². The third kappa shape index (κ3) is 6.63. The zero-order valence-electron chi connectivity index (χ0n) is 22.3. The molecule has 0 amide bonds. The van der Waals surface area contributed by atoms with E-state index in [0.29, 0.717) is 36.6 Å². The molecular formula is C29H39N3O6. The van der Waals surface area contributed by atoms with Crippen LogP contribution >= 0.6 is 0 Å². The summed E-state index contributed by atoms with van der Waals surface area (Å²) in [4.78, 5) is 34.1. The highest BCUT2D eigenvalue weighted by atomic mass is 16.5. The summed E-state index contributed by atoms with van der Waals surface area (Å²) in [5, 5.41) is 20.5. The normalized spacial score (nSPS) is 25.2. The highest BCUT2D eigenvalue weighted by Gasteiger charge is 2.39. The van der Waals surface area contributed by atoms with Crippen molar-refractivity contribution >= 4 is 28.8 Å². The number of likely N-dealkylation sites (tertiary alicyclic amines) is 1. The molecule has 3 heterocycles. The van der Waals surface area contributed by atoms with Crippen LogP contribution in [0.4, 0.5) is 0 Å². The molecule has 3 N–H and O–H groups in total. The summed E-state index contributed by atoms with van der Waals surface area (Å²) in [5.41, 5.74) is 4.38. The minimum absolute atomic E-state index is 0.0460. The van der Waals surface area contributed by atoms with Crippen molar-refractivity contribution in [3.8, 4) is 0 Å². The van der Waals surface area contributed by atoms with E-state index in [9.17, 15) is 14.4 Å². The van der Waals surface area contributed by atoms with Crippen LogP contribution < -0.4 is 5.32 Å². The summed E-state index contributed by atoms with van der Waals surface area (Å²) < 4.78 is 7.99. The fourth-order valence-electron chi connectivity index (χ4n) is 6.34. The lowest BCUT2D eigenvalue weighted by Crippen LogP contribution is -2.48. The number of benzene rings is 1. The van der Waals surface area contributed by atoms with Crippen LogP contribution in [0.3, 0.4) is 0 Å². The van der Waals surface area contributed by atoms with Gasteiger partial charge in [-0.1, -0.05) is 25.0 Å². The smallest absolute Gasteiger partial charge is 0.328 e. The standard InChI is InChI=1S/C25H35N3O2.C4H4O4/c1-27-15-17(10-12-30-25(29)21-8-4-3-5-11-26-21)13-20-19-7-6-9-22-24(19)18(14-23(20)27)16-28(22)2;5-3(6)1-2-4(7)8/h6-7,9,16-17,20-21,23,26H,3-5,8,10-15H2,1-2H3;1-2H,(H,5,6)(H,7,8)/b;2-1-/t17-,20?,21?,23-;/m1./s1. The molecule has 0 bridgehead atoms. The number of carboxylic acid groups (broad SMARTS) is 2. The van der Waals surface area contributed by atoms with Gasteiger partial charge < -0.3 is 29.7 Å². The molecule has 0 radical (unpaired) electrons. The molecule has 4 atom stereocenters. The molecule has 9 heteroatoms. The number of ether oxygens (including phenoxy) is 1. The third-order valence-electron chi connectivity index (χ3n) is 8.10. The van der Waals surface area contributed by atoms with Crippen molar-refractivity contribution in [1.29, 1.82) is 0 Å². The molecule has 2 aromatic rings. The highest BCUT2D eigenvalue weighted by molar-refractivity contribution is 5.90. The number of carboxylic acids is 2. The quantitative estimate of drug-likeness (QED) is 0.388. The Bertz CT molecular complexity index is 1160. The average molecular weight is 526 g/mol. The van der Waals surface area contributed by atoms with E-state index in [-0.39, 0.29) is 12.0 Å². The monoisotopic (exact) mass is 525 g/mol. The summed E-state index contributed by atoms with van der Waals surface area (Å²) in [6.45, 7) is 2.58.